The lowest BCUT2D eigenvalue weighted by Gasteiger charge is -2.16. The summed E-state index contributed by atoms with van der Waals surface area (Å²) < 4.78 is 1.48. The quantitative estimate of drug-likeness (QED) is 0.920. The molecular formula is C15H18N4O2. The highest BCUT2D eigenvalue weighted by molar-refractivity contribution is 5.95. The molecule has 0 aliphatic carbocycles. The fourth-order valence-corrected chi connectivity index (χ4v) is 2.57. The number of hydrogen-bond acceptors (Lipinski definition) is 4. The zero-order chi connectivity index (χ0) is 14.8. The molecule has 0 saturated carbocycles. The minimum absolute atomic E-state index is 0.0117. The maximum Gasteiger partial charge on any atom is 0.248 e. The second-order valence-electron chi connectivity index (χ2n) is 5.19. The van der Waals surface area contributed by atoms with Crippen LogP contribution in [0.5, 0.6) is 0 Å². The van der Waals surface area contributed by atoms with Crippen molar-refractivity contribution in [2.75, 3.05) is 11.4 Å². The van der Waals surface area contributed by atoms with Crippen LogP contribution in [0.25, 0.3) is 0 Å². The monoisotopic (exact) mass is 286 g/mol. The number of fused-ring (bicyclic) bond motifs is 1. The summed E-state index contributed by atoms with van der Waals surface area (Å²) in [6, 6.07) is 7.94. The molecule has 6 nitrogen and oxygen atoms in total. The Bertz CT molecular complexity index is 653. The number of amides is 1. The molecule has 21 heavy (non-hydrogen) atoms. The van der Waals surface area contributed by atoms with Crippen molar-refractivity contribution in [2.45, 2.75) is 32.4 Å². The van der Waals surface area contributed by atoms with Crippen molar-refractivity contribution in [1.29, 1.82) is 0 Å². The number of anilines is 1. The van der Waals surface area contributed by atoms with Gasteiger partial charge in [-0.15, -0.1) is 5.10 Å². The third-order valence-electron chi connectivity index (χ3n) is 3.77. The van der Waals surface area contributed by atoms with Crippen LogP contribution in [-0.4, -0.2) is 32.6 Å². The van der Waals surface area contributed by atoms with E-state index in [2.05, 4.69) is 10.3 Å². The Morgan fingerprint density at radius 2 is 2.24 bits per heavy atom. The fourth-order valence-electron chi connectivity index (χ4n) is 2.57. The average Bonchev–Trinajstić information content (AvgIpc) is 3.12. The van der Waals surface area contributed by atoms with Gasteiger partial charge in [0.1, 0.15) is 12.2 Å². The van der Waals surface area contributed by atoms with Crippen molar-refractivity contribution in [1.82, 2.24) is 15.0 Å². The van der Waals surface area contributed by atoms with Gasteiger partial charge in [0.15, 0.2) is 0 Å². The number of rotatable bonds is 4. The Balaban J connectivity index is 1.71. The van der Waals surface area contributed by atoms with E-state index in [1.807, 2.05) is 31.2 Å². The summed E-state index contributed by atoms with van der Waals surface area (Å²) in [7, 11) is 0. The molecule has 1 unspecified atom stereocenters. The molecule has 0 radical (unpaired) electrons. The zero-order valence-electron chi connectivity index (χ0n) is 11.9. The zero-order valence-corrected chi connectivity index (χ0v) is 11.9. The van der Waals surface area contributed by atoms with Gasteiger partial charge < -0.3 is 10.0 Å². The van der Waals surface area contributed by atoms with Crippen LogP contribution in [0.2, 0.25) is 0 Å². The molecule has 0 bridgehead atoms. The molecule has 0 fully saturated rings. The van der Waals surface area contributed by atoms with Gasteiger partial charge in [0.25, 0.3) is 0 Å². The number of nitrogens with zero attached hydrogens (tertiary/aromatic N) is 4. The maximum atomic E-state index is 12.4. The summed E-state index contributed by atoms with van der Waals surface area (Å²) in [4.78, 5) is 14.2. The number of carbonyl (C=O) groups excluding carboxylic acids is 1. The molecule has 1 aliphatic rings. The van der Waals surface area contributed by atoms with E-state index >= 15 is 0 Å². The van der Waals surface area contributed by atoms with Gasteiger partial charge in [0.2, 0.25) is 5.91 Å². The number of benzene rings is 1. The number of aliphatic hydroxyl groups is 1. The molecule has 110 valence electrons. The predicted molar refractivity (Wildman–Crippen MR) is 77.8 cm³/mol. The highest BCUT2D eigenvalue weighted by Crippen LogP contribution is 2.27. The topological polar surface area (TPSA) is 71.2 Å². The van der Waals surface area contributed by atoms with E-state index in [1.54, 1.807) is 11.1 Å². The van der Waals surface area contributed by atoms with Crippen molar-refractivity contribution < 1.29 is 9.90 Å². The lowest BCUT2D eigenvalue weighted by molar-refractivity contribution is -0.119. The van der Waals surface area contributed by atoms with E-state index < -0.39 is 6.10 Å². The van der Waals surface area contributed by atoms with E-state index in [-0.39, 0.29) is 12.5 Å². The molecule has 6 heteroatoms. The maximum absolute atomic E-state index is 12.4. The molecule has 1 aromatic carbocycles. The van der Waals surface area contributed by atoms with Gasteiger partial charge in [0.05, 0.1) is 12.3 Å². The molecular weight excluding hydrogens is 268 g/mol. The van der Waals surface area contributed by atoms with Gasteiger partial charge in [-0.3, -0.25) is 4.79 Å². The minimum Gasteiger partial charge on any atom is -0.387 e. The highest BCUT2D eigenvalue weighted by atomic mass is 16.3. The molecule has 0 spiro atoms. The first-order chi connectivity index (χ1) is 10.2. The third kappa shape index (κ3) is 2.67. The van der Waals surface area contributed by atoms with Crippen LogP contribution in [0.1, 0.15) is 30.7 Å². The van der Waals surface area contributed by atoms with Gasteiger partial charge in [-0.05, 0) is 24.5 Å². The molecule has 2 heterocycles. The SMILES string of the molecule is CCC(O)c1cn(CC(=O)N2CCc3ccccc32)nn1. The lowest BCUT2D eigenvalue weighted by atomic mass is 10.2. The van der Waals surface area contributed by atoms with Crippen LogP contribution in [-0.2, 0) is 17.8 Å². The molecule has 2 aromatic rings. The first kappa shape index (κ1) is 13.8. The molecule has 1 amide bonds. The normalized spacial score (nSPS) is 15.0. The number of hydrogen-bond donors (Lipinski definition) is 1. The Kier molecular flexibility index (Phi) is 3.70. The van der Waals surface area contributed by atoms with Crippen molar-refractivity contribution in [3.8, 4) is 0 Å². The van der Waals surface area contributed by atoms with Crippen molar-refractivity contribution in [2.24, 2.45) is 0 Å². The predicted octanol–water partition coefficient (Wildman–Crippen LogP) is 1.31. The first-order valence-corrected chi connectivity index (χ1v) is 7.15. The third-order valence-corrected chi connectivity index (χ3v) is 3.77. The minimum atomic E-state index is -0.624. The van der Waals surface area contributed by atoms with Crippen molar-refractivity contribution in [3.63, 3.8) is 0 Å². The number of para-hydroxylation sites is 1. The van der Waals surface area contributed by atoms with Crippen LogP contribution in [0, 0.1) is 0 Å². The molecule has 3 rings (SSSR count). The lowest BCUT2D eigenvalue weighted by Crippen LogP contribution is -2.32. The van der Waals surface area contributed by atoms with Crippen molar-refractivity contribution in [3.05, 3.63) is 41.7 Å². The standard InChI is InChI=1S/C15H18N4O2/c1-2-14(20)12-9-18(17-16-12)10-15(21)19-8-7-11-5-3-4-6-13(11)19/h3-6,9,14,20H,2,7-8,10H2,1H3. The van der Waals surface area contributed by atoms with Crippen LogP contribution in [0.15, 0.2) is 30.5 Å². The van der Waals surface area contributed by atoms with E-state index in [4.69, 9.17) is 0 Å². The fraction of sp³-hybridized carbons (Fsp3) is 0.400. The smallest absolute Gasteiger partial charge is 0.248 e. The number of carbonyl (C=O) groups is 1. The molecule has 1 aromatic heterocycles. The molecule has 1 aliphatic heterocycles. The number of aliphatic hydroxyl groups excluding tert-OH is 1. The van der Waals surface area contributed by atoms with Crippen LogP contribution in [0.4, 0.5) is 5.69 Å². The first-order valence-electron chi connectivity index (χ1n) is 7.15. The van der Waals surface area contributed by atoms with Crippen LogP contribution < -0.4 is 4.90 Å². The van der Waals surface area contributed by atoms with Gasteiger partial charge in [-0.1, -0.05) is 30.3 Å². The van der Waals surface area contributed by atoms with E-state index in [1.165, 1.54) is 10.2 Å². The average molecular weight is 286 g/mol. The van der Waals surface area contributed by atoms with Gasteiger partial charge in [0, 0.05) is 12.2 Å². The Morgan fingerprint density at radius 1 is 1.43 bits per heavy atom. The van der Waals surface area contributed by atoms with E-state index in [0.29, 0.717) is 18.7 Å². The van der Waals surface area contributed by atoms with E-state index in [9.17, 15) is 9.90 Å². The second kappa shape index (κ2) is 5.65. The second-order valence-corrected chi connectivity index (χ2v) is 5.19. The molecule has 1 atom stereocenters. The summed E-state index contributed by atoms with van der Waals surface area (Å²) in [6.45, 7) is 2.71. The van der Waals surface area contributed by atoms with Gasteiger partial charge in [-0.2, -0.15) is 0 Å². The summed E-state index contributed by atoms with van der Waals surface area (Å²) in [5, 5.41) is 17.5. The molecule has 0 saturated heterocycles. The highest BCUT2D eigenvalue weighted by Gasteiger charge is 2.24. The Labute approximate surface area is 123 Å². The largest absolute Gasteiger partial charge is 0.387 e. The summed E-state index contributed by atoms with van der Waals surface area (Å²) in [5.41, 5.74) is 2.69. The summed E-state index contributed by atoms with van der Waals surface area (Å²) >= 11 is 0. The Hall–Kier alpha value is -2.21. The van der Waals surface area contributed by atoms with Crippen LogP contribution in [0.3, 0.4) is 0 Å². The van der Waals surface area contributed by atoms with E-state index in [0.717, 1.165) is 12.1 Å². The van der Waals surface area contributed by atoms with Crippen LogP contribution >= 0.6 is 0 Å². The molecule has 1 N–H and O–H groups in total. The van der Waals surface area contributed by atoms with Crippen molar-refractivity contribution >= 4 is 11.6 Å². The Morgan fingerprint density at radius 3 is 3.05 bits per heavy atom. The van der Waals surface area contributed by atoms with Gasteiger partial charge >= 0.3 is 0 Å². The summed E-state index contributed by atoms with van der Waals surface area (Å²) in [5.74, 6) is -0.0117. The number of aromatic nitrogens is 3. The summed E-state index contributed by atoms with van der Waals surface area (Å²) in [6.07, 6.45) is 2.47. The van der Waals surface area contributed by atoms with Gasteiger partial charge in [-0.25, -0.2) is 4.68 Å².